The lowest BCUT2D eigenvalue weighted by Crippen LogP contribution is -2.32. The molecule has 1 aromatic carbocycles. The van der Waals surface area contributed by atoms with Crippen molar-refractivity contribution in [1.29, 1.82) is 0 Å². The highest BCUT2D eigenvalue weighted by atomic mass is 16.5. The summed E-state index contributed by atoms with van der Waals surface area (Å²) in [7, 11) is 0. The van der Waals surface area contributed by atoms with Crippen molar-refractivity contribution in [2.45, 2.75) is 32.8 Å². The molecule has 0 saturated heterocycles. The number of hydrogen-bond donors (Lipinski definition) is 1. The number of carbonyl (C=O) groups excluding carboxylic acids is 1. The summed E-state index contributed by atoms with van der Waals surface area (Å²) in [5.74, 6) is 0.676. The summed E-state index contributed by atoms with van der Waals surface area (Å²) in [5, 5.41) is 4.37. The molecule has 21 heavy (non-hydrogen) atoms. The van der Waals surface area contributed by atoms with E-state index in [0.717, 1.165) is 34.7 Å². The van der Waals surface area contributed by atoms with E-state index in [2.05, 4.69) is 5.10 Å². The van der Waals surface area contributed by atoms with Gasteiger partial charge in [-0.2, -0.15) is 5.10 Å². The normalized spacial score (nSPS) is 16.6. The Labute approximate surface area is 123 Å². The quantitative estimate of drug-likeness (QED) is 0.931. The van der Waals surface area contributed by atoms with Gasteiger partial charge in [-0.15, -0.1) is 0 Å². The van der Waals surface area contributed by atoms with Crippen LogP contribution >= 0.6 is 0 Å². The third-order valence-corrected chi connectivity index (χ3v) is 3.97. The zero-order chi connectivity index (χ0) is 15.0. The molecule has 0 saturated carbocycles. The van der Waals surface area contributed by atoms with Gasteiger partial charge in [-0.05, 0) is 44.0 Å². The Morgan fingerprint density at radius 3 is 2.90 bits per heavy atom. The lowest BCUT2D eigenvalue weighted by molar-refractivity contribution is 0.0713. The van der Waals surface area contributed by atoms with Crippen LogP contribution in [0.1, 0.15) is 27.3 Å². The predicted molar refractivity (Wildman–Crippen MR) is 79.6 cm³/mol. The van der Waals surface area contributed by atoms with Crippen LogP contribution in [0, 0.1) is 13.8 Å². The molecule has 0 amide bonds. The lowest BCUT2D eigenvalue weighted by atomic mass is 10.1. The molecule has 5 nitrogen and oxygen atoms in total. The number of benzene rings is 1. The van der Waals surface area contributed by atoms with E-state index in [1.54, 1.807) is 0 Å². The van der Waals surface area contributed by atoms with E-state index < -0.39 is 6.10 Å². The Bertz CT molecular complexity index is 666. The molecule has 3 rings (SSSR count). The van der Waals surface area contributed by atoms with Crippen LogP contribution in [0.25, 0.3) is 0 Å². The maximum atomic E-state index is 12.7. The first-order chi connectivity index (χ1) is 10.1. The van der Waals surface area contributed by atoms with Crippen LogP contribution in [0.2, 0.25) is 0 Å². The topological polar surface area (TPSA) is 70.1 Å². The smallest absolute Gasteiger partial charge is 0.288 e. The number of fused-ring (bicyclic) bond motifs is 1. The second-order valence-electron chi connectivity index (χ2n) is 5.36. The number of carbonyl (C=O) groups is 1. The number of rotatable bonds is 3. The molecule has 1 atom stereocenters. The van der Waals surface area contributed by atoms with Crippen LogP contribution in [0.15, 0.2) is 24.3 Å². The van der Waals surface area contributed by atoms with E-state index in [-0.39, 0.29) is 5.91 Å². The zero-order valence-electron chi connectivity index (χ0n) is 12.3. The largest absolute Gasteiger partial charge is 0.480 e. The van der Waals surface area contributed by atoms with Gasteiger partial charge in [-0.3, -0.25) is 4.79 Å². The second kappa shape index (κ2) is 5.33. The molecule has 1 aliphatic rings. The van der Waals surface area contributed by atoms with Crippen molar-refractivity contribution in [2.24, 2.45) is 5.73 Å². The van der Waals surface area contributed by atoms with E-state index in [0.29, 0.717) is 13.0 Å². The average molecular weight is 285 g/mol. The van der Waals surface area contributed by atoms with Gasteiger partial charge in [0.2, 0.25) is 0 Å². The van der Waals surface area contributed by atoms with Gasteiger partial charge in [0.1, 0.15) is 5.75 Å². The number of para-hydroxylation sites is 1. The van der Waals surface area contributed by atoms with Gasteiger partial charge in [-0.1, -0.05) is 18.2 Å². The summed E-state index contributed by atoms with van der Waals surface area (Å²) < 4.78 is 7.22. The van der Waals surface area contributed by atoms with Gasteiger partial charge in [0.25, 0.3) is 5.91 Å². The Balaban J connectivity index is 1.86. The molecule has 2 N–H and O–H groups in total. The minimum atomic E-state index is -0.494. The van der Waals surface area contributed by atoms with Gasteiger partial charge in [0.05, 0.1) is 5.69 Å². The Morgan fingerprint density at radius 1 is 1.43 bits per heavy atom. The van der Waals surface area contributed by atoms with Crippen LogP contribution < -0.4 is 10.5 Å². The maximum Gasteiger partial charge on any atom is 0.288 e. The van der Waals surface area contributed by atoms with Crippen LogP contribution in [0.5, 0.6) is 5.75 Å². The molecule has 2 aromatic rings. The van der Waals surface area contributed by atoms with E-state index in [1.165, 1.54) is 4.68 Å². The molecule has 1 aromatic heterocycles. The van der Waals surface area contributed by atoms with Gasteiger partial charge in [0, 0.05) is 12.1 Å². The third-order valence-electron chi connectivity index (χ3n) is 3.97. The predicted octanol–water partition coefficient (Wildman–Crippen LogP) is 1.65. The fraction of sp³-hybridized carbons (Fsp3) is 0.375. The first-order valence-corrected chi connectivity index (χ1v) is 7.15. The van der Waals surface area contributed by atoms with Crippen LogP contribution in [0.4, 0.5) is 0 Å². The van der Waals surface area contributed by atoms with Crippen molar-refractivity contribution < 1.29 is 9.53 Å². The minimum absolute atomic E-state index is 0.116. The SMILES string of the molecule is Cc1nn(C(=O)C2Cc3ccccc3O2)c(C)c1CCN. The molecular weight excluding hydrogens is 266 g/mol. The highest BCUT2D eigenvalue weighted by molar-refractivity contribution is 5.85. The first-order valence-electron chi connectivity index (χ1n) is 7.15. The summed E-state index contributed by atoms with van der Waals surface area (Å²) >= 11 is 0. The summed E-state index contributed by atoms with van der Waals surface area (Å²) in [6, 6.07) is 7.75. The Hall–Kier alpha value is -2.14. The molecule has 0 spiro atoms. The molecule has 0 fully saturated rings. The number of aromatic nitrogens is 2. The van der Waals surface area contributed by atoms with E-state index in [1.807, 2.05) is 38.1 Å². The summed E-state index contributed by atoms with van der Waals surface area (Å²) in [6.07, 6.45) is 0.835. The van der Waals surface area contributed by atoms with Gasteiger partial charge in [0.15, 0.2) is 6.10 Å². The van der Waals surface area contributed by atoms with Crippen LogP contribution in [0.3, 0.4) is 0 Å². The molecule has 0 radical (unpaired) electrons. The average Bonchev–Trinajstić information content (AvgIpc) is 3.03. The first kappa shape index (κ1) is 13.8. The van der Waals surface area contributed by atoms with Crippen molar-refractivity contribution in [3.63, 3.8) is 0 Å². The van der Waals surface area contributed by atoms with Crippen LogP contribution in [-0.4, -0.2) is 28.3 Å². The fourth-order valence-electron chi connectivity index (χ4n) is 2.85. The molecule has 110 valence electrons. The highest BCUT2D eigenvalue weighted by Gasteiger charge is 2.31. The van der Waals surface area contributed by atoms with Crippen molar-refractivity contribution >= 4 is 5.91 Å². The van der Waals surface area contributed by atoms with Crippen molar-refractivity contribution in [3.8, 4) is 5.75 Å². The highest BCUT2D eigenvalue weighted by Crippen LogP contribution is 2.29. The van der Waals surface area contributed by atoms with E-state index >= 15 is 0 Å². The van der Waals surface area contributed by atoms with Crippen molar-refractivity contribution in [2.75, 3.05) is 6.54 Å². The molecule has 2 heterocycles. The molecule has 0 aliphatic carbocycles. The van der Waals surface area contributed by atoms with E-state index in [9.17, 15) is 4.79 Å². The van der Waals surface area contributed by atoms with E-state index in [4.69, 9.17) is 10.5 Å². The molecule has 1 aliphatic heterocycles. The minimum Gasteiger partial charge on any atom is -0.480 e. The maximum absolute atomic E-state index is 12.7. The summed E-state index contributed by atoms with van der Waals surface area (Å²) in [5.41, 5.74) is 9.47. The third kappa shape index (κ3) is 2.34. The number of hydrogen-bond acceptors (Lipinski definition) is 4. The van der Waals surface area contributed by atoms with Crippen LogP contribution in [-0.2, 0) is 12.8 Å². The molecule has 5 heteroatoms. The Morgan fingerprint density at radius 2 is 2.19 bits per heavy atom. The monoisotopic (exact) mass is 285 g/mol. The number of ether oxygens (including phenoxy) is 1. The van der Waals surface area contributed by atoms with Gasteiger partial charge in [-0.25, -0.2) is 4.68 Å². The number of nitrogens with zero attached hydrogens (tertiary/aromatic N) is 2. The Kier molecular flexibility index (Phi) is 3.51. The number of aryl methyl sites for hydroxylation is 1. The molecule has 1 unspecified atom stereocenters. The lowest BCUT2D eigenvalue weighted by Gasteiger charge is -2.10. The molecular formula is C16H19N3O2. The van der Waals surface area contributed by atoms with Gasteiger partial charge < -0.3 is 10.5 Å². The van der Waals surface area contributed by atoms with Crippen molar-refractivity contribution in [3.05, 3.63) is 46.8 Å². The molecule has 0 bridgehead atoms. The summed E-state index contributed by atoms with van der Waals surface area (Å²) in [4.78, 5) is 12.7. The standard InChI is InChI=1S/C16H19N3O2/c1-10-13(7-8-17)11(2)19(18-10)16(20)15-9-12-5-3-4-6-14(12)21-15/h3-6,15H,7-9,17H2,1-2H3. The second-order valence-corrected chi connectivity index (χ2v) is 5.36. The summed E-state index contributed by atoms with van der Waals surface area (Å²) in [6.45, 7) is 4.37. The zero-order valence-corrected chi connectivity index (χ0v) is 12.3. The fourth-order valence-corrected chi connectivity index (χ4v) is 2.85. The number of nitrogens with two attached hydrogens (primary N) is 1. The van der Waals surface area contributed by atoms with Crippen molar-refractivity contribution in [1.82, 2.24) is 9.78 Å². The van der Waals surface area contributed by atoms with Gasteiger partial charge >= 0.3 is 0 Å².